The topological polar surface area (TPSA) is 67.4 Å². The average molecular weight is 361 g/mol. The molecule has 2 rings (SSSR count). The zero-order valence-corrected chi connectivity index (χ0v) is 14.8. The molecule has 2 aromatic carbocycles. The van der Waals surface area contributed by atoms with Crippen LogP contribution < -0.4 is 15.4 Å². The smallest absolute Gasteiger partial charge is 0.251 e. The number of amides is 2. The van der Waals surface area contributed by atoms with Crippen molar-refractivity contribution in [1.82, 2.24) is 10.6 Å². The molecule has 5 nitrogen and oxygen atoms in total. The van der Waals surface area contributed by atoms with Crippen molar-refractivity contribution in [3.8, 4) is 5.75 Å². The molecule has 0 aliphatic rings. The molecule has 6 heteroatoms. The van der Waals surface area contributed by atoms with Gasteiger partial charge in [0.25, 0.3) is 5.91 Å². The van der Waals surface area contributed by atoms with E-state index in [-0.39, 0.29) is 18.2 Å². The molecular weight excluding hydrogens is 340 g/mol. The van der Waals surface area contributed by atoms with Gasteiger partial charge in [0.2, 0.25) is 5.91 Å². The zero-order chi connectivity index (χ0) is 18.1. The van der Waals surface area contributed by atoms with Crippen LogP contribution in [0.15, 0.2) is 48.5 Å². The van der Waals surface area contributed by atoms with Gasteiger partial charge in [-0.1, -0.05) is 23.7 Å². The summed E-state index contributed by atoms with van der Waals surface area (Å²) in [4.78, 5) is 23.8. The minimum atomic E-state index is -0.185. The molecule has 0 radical (unpaired) electrons. The molecule has 0 aliphatic heterocycles. The van der Waals surface area contributed by atoms with Crippen LogP contribution in [0, 0.1) is 0 Å². The molecule has 2 aromatic rings. The lowest BCUT2D eigenvalue weighted by Gasteiger charge is -2.08. The number of carbonyl (C=O) groups is 2. The number of halogens is 1. The lowest BCUT2D eigenvalue weighted by atomic mass is 10.1. The molecule has 0 aliphatic carbocycles. The van der Waals surface area contributed by atoms with Crippen LogP contribution in [0.1, 0.15) is 22.8 Å². The van der Waals surface area contributed by atoms with E-state index in [1.54, 1.807) is 36.4 Å². The third-order valence-corrected chi connectivity index (χ3v) is 3.69. The highest BCUT2D eigenvalue weighted by Gasteiger charge is 2.06. The molecule has 132 valence electrons. The number of rotatable bonds is 8. The van der Waals surface area contributed by atoms with E-state index in [1.807, 2.05) is 19.1 Å². The Bertz CT molecular complexity index is 700. The van der Waals surface area contributed by atoms with Gasteiger partial charge in [0.1, 0.15) is 5.75 Å². The second-order valence-corrected chi connectivity index (χ2v) is 5.80. The first-order valence-electron chi connectivity index (χ1n) is 8.10. The van der Waals surface area contributed by atoms with Gasteiger partial charge in [-0.25, -0.2) is 0 Å². The minimum Gasteiger partial charge on any atom is -0.494 e. The monoisotopic (exact) mass is 360 g/mol. The van der Waals surface area contributed by atoms with E-state index >= 15 is 0 Å². The SMILES string of the molecule is CCOc1ccc(C(=O)NCCNC(=O)Cc2ccc(Cl)cc2)cc1. The van der Waals surface area contributed by atoms with E-state index in [1.165, 1.54) is 0 Å². The van der Waals surface area contributed by atoms with Crippen molar-refractivity contribution >= 4 is 23.4 Å². The standard InChI is InChI=1S/C19H21ClN2O3/c1-2-25-17-9-5-15(6-10-17)19(24)22-12-11-21-18(23)13-14-3-7-16(20)8-4-14/h3-10H,2,11-13H2,1H3,(H,21,23)(H,22,24). The predicted molar refractivity (Wildman–Crippen MR) is 98.1 cm³/mol. The largest absolute Gasteiger partial charge is 0.494 e. The van der Waals surface area contributed by atoms with Crippen molar-refractivity contribution in [3.05, 3.63) is 64.7 Å². The molecule has 0 bridgehead atoms. The molecule has 0 spiro atoms. The molecule has 0 unspecified atom stereocenters. The molecule has 2 N–H and O–H groups in total. The first-order chi connectivity index (χ1) is 12.1. The van der Waals surface area contributed by atoms with E-state index in [9.17, 15) is 9.59 Å². The van der Waals surface area contributed by atoms with Crippen LogP contribution in [0.5, 0.6) is 5.75 Å². The summed E-state index contributed by atoms with van der Waals surface area (Å²) in [6.45, 7) is 3.22. The highest BCUT2D eigenvalue weighted by Crippen LogP contribution is 2.12. The summed E-state index contributed by atoms with van der Waals surface area (Å²) in [6.07, 6.45) is 0.282. The fourth-order valence-electron chi connectivity index (χ4n) is 2.20. The van der Waals surface area contributed by atoms with Gasteiger partial charge in [0.15, 0.2) is 0 Å². The first-order valence-corrected chi connectivity index (χ1v) is 8.48. The van der Waals surface area contributed by atoms with E-state index in [0.717, 1.165) is 11.3 Å². The number of nitrogens with one attached hydrogen (secondary N) is 2. The van der Waals surface area contributed by atoms with Crippen molar-refractivity contribution in [1.29, 1.82) is 0 Å². The maximum absolute atomic E-state index is 12.0. The second-order valence-electron chi connectivity index (χ2n) is 5.37. The third kappa shape index (κ3) is 6.47. The van der Waals surface area contributed by atoms with Crippen molar-refractivity contribution in [2.24, 2.45) is 0 Å². The van der Waals surface area contributed by atoms with E-state index < -0.39 is 0 Å². The summed E-state index contributed by atoms with van der Waals surface area (Å²) in [6, 6.07) is 14.1. The van der Waals surface area contributed by atoms with Crippen LogP contribution in [-0.2, 0) is 11.2 Å². The van der Waals surface area contributed by atoms with Gasteiger partial charge in [-0.05, 0) is 48.9 Å². The molecule has 0 aromatic heterocycles. The van der Waals surface area contributed by atoms with Gasteiger partial charge in [-0.15, -0.1) is 0 Å². The maximum atomic E-state index is 12.0. The Balaban J connectivity index is 1.68. The molecular formula is C19H21ClN2O3. The Labute approximate surface area is 152 Å². The predicted octanol–water partition coefficient (Wildman–Crippen LogP) is 2.83. The highest BCUT2D eigenvalue weighted by molar-refractivity contribution is 6.30. The maximum Gasteiger partial charge on any atom is 0.251 e. The summed E-state index contributed by atoms with van der Waals surface area (Å²) in [7, 11) is 0. The van der Waals surface area contributed by atoms with Gasteiger partial charge in [0.05, 0.1) is 13.0 Å². The van der Waals surface area contributed by atoms with Gasteiger partial charge < -0.3 is 15.4 Å². The van der Waals surface area contributed by atoms with Gasteiger partial charge in [0, 0.05) is 23.7 Å². The van der Waals surface area contributed by atoms with Gasteiger partial charge in [-0.2, -0.15) is 0 Å². The van der Waals surface area contributed by atoms with Crippen LogP contribution in [0.3, 0.4) is 0 Å². The van der Waals surface area contributed by atoms with Gasteiger partial charge in [-0.3, -0.25) is 9.59 Å². The number of hydrogen-bond donors (Lipinski definition) is 2. The molecule has 25 heavy (non-hydrogen) atoms. The lowest BCUT2D eigenvalue weighted by Crippen LogP contribution is -2.35. The Hall–Kier alpha value is -2.53. The lowest BCUT2D eigenvalue weighted by molar-refractivity contribution is -0.120. The minimum absolute atomic E-state index is 0.0994. The Morgan fingerprint density at radius 2 is 1.60 bits per heavy atom. The first kappa shape index (κ1) is 18.8. The summed E-state index contributed by atoms with van der Waals surface area (Å²) in [5.74, 6) is 0.446. The van der Waals surface area contributed by atoms with Crippen molar-refractivity contribution in [3.63, 3.8) is 0 Å². The normalized spacial score (nSPS) is 10.2. The van der Waals surface area contributed by atoms with Crippen LogP contribution >= 0.6 is 11.6 Å². The van der Waals surface area contributed by atoms with E-state index in [4.69, 9.17) is 16.3 Å². The summed E-state index contributed by atoms with van der Waals surface area (Å²) >= 11 is 5.81. The molecule has 0 fully saturated rings. The number of ether oxygens (including phenoxy) is 1. The van der Waals surface area contributed by atoms with E-state index in [2.05, 4.69) is 10.6 Å². The fraction of sp³-hybridized carbons (Fsp3) is 0.263. The zero-order valence-electron chi connectivity index (χ0n) is 14.0. The summed E-state index contributed by atoms with van der Waals surface area (Å²) in [5, 5.41) is 6.18. The van der Waals surface area contributed by atoms with Crippen molar-refractivity contribution in [2.75, 3.05) is 19.7 Å². The fourth-order valence-corrected chi connectivity index (χ4v) is 2.33. The van der Waals surface area contributed by atoms with E-state index in [0.29, 0.717) is 30.3 Å². The Morgan fingerprint density at radius 1 is 0.960 bits per heavy atom. The molecule has 0 heterocycles. The number of carbonyl (C=O) groups excluding carboxylic acids is 2. The van der Waals surface area contributed by atoms with Crippen molar-refractivity contribution in [2.45, 2.75) is 13.3 Å². The average Bonchev–Trinajstić information content (AvgIpc) is 2.61. The van der Waals surface area contributed by atoms with Crippen LogP contribution in [0.2, 0.25) is 5.02 Å². The molecule has 2 amide bonds. The summed E-state index contributed by atoms with van der Waals surface area (Å²) < 4.78 is 5.33. The van der Waals surface area contributed by atoms with Crippen LogP contribution in [0.4, 0.5) is 0 Å². The molecule has 0 saturated heterocycles. The molecule has 0 saturated carbocycles. The van der Waals surface area contributed by atoms with Crippen LogP contribution in [-0.4, -0.2) is 31.5 Å². The third-order valence-electron chi connectivity index (χ3n) is 3.44. The Morgan fingerprint density at radius 3 is 2.24 bits per heavy atom. The highest BCUT2D eigenvalue weighted by atomic mass is 35.5. The number of hydrogen-bond acceptors (Lipinski definition) is 3. The summed E-state index contributed by atoms with van der Waals surface area (Å²) in [5.41, 5.74) is 1.44. The van der Waals surface area contributed by atoms with Crippen molar-refractivity contribution < 1.29 is 14.3 Å². The quantitative estimate of drug-likeness (QED) is 0.711. The Kier molecular flexibility index (Phi) is 7.29. The second kappa shape index (κ2) is 9.69. The molecule has 0 atom stereocenters. The van der Waals surface area contributed by atoms with Crippen LogP contribution in [0.25, 0.3) is 0 Å². The van der Waals surface area contributed by atoms with Gasteiger partial charge >= 0.3 is 0 Å². The number of benzene rings is 2.